The SMILES string of the molecule is CC(C)C1C(=O)Nc2c(F)cc(F)cc21. The highest BCUT2D eigenvalue weighted by molar-refractivity contribution is 6.03. The second kappa shape index (κ2) is 3.29. The van der Waals surface area contributed by atoms with Crippen molar-refractivity contribution in [2.24, 2.45) is 5.92 Å². The van der Waals surface area contributed by atoms with E-state index in [0.29, 0.717) is 5.56 Å². The highest BCUT2D eigenvalue weighted by Gasteiger charge is 2.35. The summed E-state index contributed by atoms with van der Waals surface area (Å²) in [5.74, 6) is -2.04. The lowest BCUT2D eigenvalue weighted by molar-refractivity contribution is -0.117. The number of hydrogen-bond acceptors (Lipinski definition) is 1. The molecule has 0 spiro atoms. The Morgan fingerprint density at radius 2 is 2.00 bits per heavy atom. The molecule has 1 N–H and O–H groups in total. The molecule has 1 aliphatic heterocycles. The van der Waals surface area contributed by atoms with Crippen LogP contribution in [-0.4, -0.2) is 5.91 Å². The molecule has 1 aromatic rings. The minimum Gasteiger partial charge on any atom is -0.323 e. The Morgan fingerprint density at radius 3 is 2.60 bits per heavy atom. The van der Waals surface area contributed by atoms with Gasteiger partial charge < -0.3 is 5.32 Å². The molecule has 1 amide bonds. The number of benzene rings is 1. The van der Waals surface area contributed by atoms with Crippen LogP contribution in [-0.2, 0) is 4.79 Å². The minimum atomic E-state index is -0.707. The molecule has 1 aromatic carbocycles. The molecule has 1 heterocycles. The third-order valence-electron chi connectivity index (χ3n) is 2.62. The van der Waals surface area contributed by atoms with Crippen LogP contribution in [0.1, 0.15) is 25.3 Å². The van der Waals surface area contributed by atoms with E-state index >= 15 is 0 Å². The van der Waals surface area contributed by atoms with Crippen molar-refractivity contribution >= 4 is 11.6 Å². The van der Waals surface area contributed by atoms with Crippen molar-refractivity contribution in [1.82, 2.24) is 0 Å². The van der Waals surface area contributed by atoms with Crippen LogP contribution in [0.15, 0.2) is 12.1 Å². The first-order valence-electron chi connectivity index (χ1n) is 4.80. The lowest BCUT2D eigenvalue weighted by Gasteiger charge is -2.12. The van der Waals surface area contributed by atoms with Crippen LogP contribution in [0.4, 0.5) is 14.5 Å². The fraction of sp³-hybridized carbons (Fsp3) is 0.364. The summed E-state index contributed by atoms with van der Waals surface area (Å²) in [5, 5.41) is 2.44. The smallest absolute Gasteiger partial charge is 0.232 e. The summed E-state index contributed by atoms with van der Waals surface area (Å²) >= 11 is 0. The number of nitrogens with one attached hydrogen (secondary N) is 1. The maximum Gasteiger partial charge on any atom is 0.232 e. The molecule has 0 radical (unpaired) electrons. The second-order valence-corrected chi connectivity index (χ2v) is 4.06. The largest absolute Gasteiger partial charge is 0.323 e. The van der Waals surface area contributed by atoms with Gasteiger partial charge in [-0.25, -0.2) is 8.78 Å². The zero-order valence-corrected chi connectivity index (χ0v) is 8.47. The standard InChI is InChI=1S/C11H11F2NO/c1-5(2)9-7-3-6(12)4-8(13)10(7)14-11(9)15/h3-5,9H,1-2H3,(H,14,15). The van der Waals surface area contributed by atoms with Crippen molar-refractivity contribution in [2.45, 2.75) is 19.8 Å². The zero-order valence-electron chi connectivity index (χ0n) is 8.47. The molecule has 1 aliphatic rings. The maximum atomic E-state index is 13.3. The molecule has 0 saturated heterocycles. The number of halogens is 2. The predicted molar refractivity (Wildman–Crippen MR) is 52.6 cm³/mol. The highest BCUT2D eigenvalue weighted by atomic mass is 19.1. The van der Waals surface area contributed by atoms with Gasteiger partial charge in [0.05, 0.1) is 11.6 Å². The average molecular weight is 211 g/mol. The molecular weight excluding hydrogens is 200 g/mol. The van der Waals surface area contributed by atoms with Gasteiger partial charge in [0, 0.05) is 6.07 Å². The lowest BCUT2D eigenvalue weighted by Crippen LogP contribution is -2.16. The minimum absolute atomic E-state index is 0.0208. The molecular formula is C11H11F2NO. The molecule has 0 saturated carbocycles. The van der Waals surface area contributed by atoms with Crippen molar-refractivity contribution in [1.29, 1.82) is 0 Å². The van der Waals surface area contributed by atoms with Gasteiger partial charge in [-0.05, 0) is 17.5 Å². The quantitative estimate of drug-likeness (QED) is 0.760. The van der Waals surface area contributed by atoms with Crippen molar-refractivity contribution < 1.29 is 13.6 Å². The Balaban J connectivity index is 2.58. The van der Waals surface area contributed by atoms with Crippen molar-refractivity contribution in [3.05, 3.63) is 29.3 Å². The van der Waals surface area contributed by atoms with Crippen molar-refractivity contribution in [3.63, 3.8) is 0 Å². The maximum absolute atomic E-state index is 13.3. The summed E-state index contributed by atoms with van der Waals surface area (Å²) in [6, 6.07) is 2.00. The van der Waals surface area contributed by atoms with Gasteiger partial charge in [0.2, 0.25) is 5.91 Å². The Labute approximate surface area is 86.3 Å². The predicted octanol–water partition coefficient (Wildman–Crippen LogP) is 2.66. The van der Waals surface area contributed by atoms with Crippen LogP contribution in [0.3, 0.4) is 0 Å². The number of amides is 1. The lowest BCUT2D eigenvalue weighted by atomic mass is 9.90. The average Bonchev–Trinajstić information content (AvgIpc) is 2.41. The normalized spacial score (nSPS) is 19.3. The summed E-state index contributed by atoms with van der Waals surface area (Å²) < 4.78 is 26.3. The Bertz CT molecular complexity index is 429. The molecule has 4 heteroatoms. The van der Waals surface area contributed by atoms with Gasteiger partial charge in [0.15, 0.2) is 0 Å². The van der Waals surface area contributed by atoms with Gasteiger partial charge in [-0.2, -0.15) is 0 Å². The first kappa shape index (κ1) is 10.1. The summed E-state index contributed by atoms with van der Waals surface area (Å²) in [6.45, 7) is 3.70. The van der Waals surface area contributed by atoms with Gasteiger partial charge in [0.25, 0.3) is 0 Å². The monoisotopic (exact) mass is 211 g/mol. The summed E-state index contributed by atoms with van der Waals surface area (Å²) in [4.78, 5) is 11.5. The van der Waals surface area contributed by atoms with E-state index in [0.717, 1.165) is 6.07 Å². The van der Waals surface area contributed by atoms with Crippen LogP contribution in [0, 0.1) is 17.6 Å². The van der Waals surface area contributed by atoms with Crippen LogP contribution in [0.2, 0.25) is 0 Å². The first-order chi connectivity index (χ1) is 7.00. The van der Waals surface area contributed by atoms with Crippen LogP contribution >= 0.6 is 0 Å². The molecule has 1 unspecified atom stereocenters. The zero-order chi connectivity index (χ0) is 11.2. The molecule has 0 fully saturated rings. The van der Waals surface area contributed by atoms with E-state index in [9.17, 15) is 13.6 Å². The fourth-order valence-electron chi connectivity index (χ4n) is 1.97. The Hall–Kier alpha value is -1.45. The third-order valence-corrected chi connectivity index (χ3v) is 2.62. The topological polar surface area (TPSA) is 29.1 Å². The van der Waals surface area contributed by atoms with E-state index in [1.165, 1.54) is 6.07 Å². The number of carbonyl (C=O) groups excluding carboxylic acids is 1. The second-order valence-electron chi connectivity index (χ2n) is 4.06. The van der Waals surface area contributed by atoms with Gasteiger partial charge in [-0.15, -0.1) is 0 Å². The van der Waals surface area contributed by atoms with E-state index < -0.39 is 17.6 Å². The first-order valence-corrected chi connectivity index (χ1v) is 4.80. The van der Waals surface area contributed by atoms with E-state index in [4.69, 9.17) is 0 Å². The number of anilines is 1. The number of rotatable bonds is 1. The number of hydrogen-bond donors (Lipinski definition) is 1. The van der Waals surface area contributed by atoms with Crippen LogP contribution in [0.25, 0.3) is 0 Å². The van der Waals surface area contributed by atoms with E-state index in [1.54, 1.807) is 0 Å². The molecule has 0 aliphatic carbocycles. The summed E-state index contributed by atoms with van der Waals surface area (Å²) in [7, 11) is 0. The molecule has 0 bridgehead atoms. The summed E-state index contributed by atoms with van der Waals surface area (Å²) in [6.07, 6.45) is 0. The third kappa shape index (κ3) is 1.50. The van der Waals surface area contributed by atoms with Crippen molar-refractivity contribution in [2.75, 3.05) is 5.32 Å². The molecule has 0 aromatic heterocycles. The highest BCUT2D eigenvalue weighted by Crippen LogP contribution is 2.39. The summed E-state index contributed by atoms with van der Waals surface area (Å²) in [5.41, 5.74) is 0.549. The molecule has 2 rings (SSSR count). The molecule has 1 atom stereocenters. The Kier molecular flexibility index (Phi) is 2.21. The Morgan fingerprint density at radius 1 is 1.33 bits per heavy atom. The number of carbonyl (C=O) groups is 1. The molecule has 2 nitrogen and oxygen atoms in total. The van der Waals surface area contributed by atoms with Gasteiger partial charge in [-0.1, -0.05) is 13.8 Å². The van der Waals surface area contributed by atoms with Gasteiger partial charge in [0.1, 0.15) is 11.6 Å². The molecule has 80 valence electrons. The fourth-order valence-corrected chi connectivity index (χ4v) is 1.97. The van der Waals surface area contributed by atoms with Gasteiger partial charge >= 0.3 is 0 Å². The van der Waals surface area contributed by atoms with Gasteiger partial charge in [-0.3, -0.25) is 4.79 Å². The van der Waals surface area contributed by atoms with Crippen LogP contribution < -0.4 is 5.32 Å². The number of fused-ring (bicyclic) bond motifs is 1. The molecule has 15 heavy (non-hydrogen) atoms. The van der Waals surface area contributed by atoms with E-state index in [-0.39, 0.29) is 17.5 Å². The van der Waals surface area contributed by atoms with E-state index in [2.05, 4.69) is 5.32 Å². The van der Waals surface area contributed by atoms with Crippen molar-refractivity contribution in [3.8, 4) is 0 Å². The van der Waals surface area contributed by atoms with E-state index in [1.807, 2.05) is 13.8 Å². The van der Waals surface area contributed by atoms with Crippen LogP contribution in [0.5, 0.6) is 0 Å².